The lowest BCUT2D eigenvalue weighted by Gasteiger charge is -2.32. The summed E-state index contributed by atoms with van der Waals surface area (Å²) in [5, 5.41) is 12.9. The third-order valence-electron chi connectivity index (χ3n) is 5.67. The first kappa shape index (κ1) is 17.3. The van der Waals surface area contributed by atoms with Gasteiger partial charge < -0.3 is 19.4 Å². The minimum absolute atomic E-state index is 0.504. The van der Waals surface area contributed by atoms with Gasteiger partial charge >= 0.3 is 0 Å². The molecular formula is C19H24ClN5O2. The molecule has 3 aliphatic rings. The van der Waals surface area contributed by atoms with Gasteiger partial charge in [-0.1, -0.05) is 11.6 Å². The summed E-state index contributed by atoms with van der Waals surface area (Å²) in [6.45, 7) is 6.93. The third kappa shape index (κ3) is 3.39. The van der Waals surface area contributed by atoms with Crippen molar-refractivity contribution in [3.8, 4) is 11.5 Å². The predicted octanol–water partition coefficient (Wildman–Crippen LogP) is 2.19. The van der Waals surface area contributed by atoms with Crippen molar-refractivity contribution < 1.29 is 9.47 Å². The number of likely N-dealkylation sites (tertiary alicyclic amines) is 1. The number of hydrogen-bond acceptors (Lipinski definition) is 6. The van der Waals surface area contributed by atoms with Crippen LogP contribution in [0.2, 0.25) is 5.02 Å². The number of fused-ring (bicyclic) bond motifs is 2. The Labute approximate surface area is 163 Å². The number of halogens is 1. The van der Waals surface area contributed by atoms with Gasteiger partial charge in [-0.15, -0.1) is 10.2 Å². The molecule has 27 heavy (non-hydrogen) atoms. The quantitative estimate of drug-likeness (QED) is 0.868. The van der Waals surface area contributed by atoms with Crippen LogP contribution >= 0.6 is 11.6 Å². The standard InChI is InChI=1S/C19H24ClN5O2/c20-15-9-13(10-16-18(15)27-8-7-26-16)12-24-4-1-14(2-5-24)19-23-22-17-11-21-3-6-25(17)19/h9-10,14,21H,1-8,11-12H2. The second-order valence-corrected chi connectivity index (χ2v) is 7.86. The summed E-state index contributed by atoms with van der Waals surface area (Å²) in [4.78, 5) is 2.48. The average Bonchev–Trinajstić information content (AvgIpc) is 3.13. The van der Waals surface area contributed by atoms with Crippen molar-refractivity contribution >= 4 is 11.6 Å². The highest BCUT2D eigenvalue weighted by Crippen LogP contribution is 2.39. The van der Waals surface area contributed by atoms with E-state index in [1.54, 1.807) is 0 Å². The molecule has 0 spiro atoms. The molecule has 0 aliphatic carbocycles. The maximum Gasteiger partial charge on any atom is 0.179 e. The fraction of sp³-hybridized carbons (Fsp3) is 0.579. The molecule has 144 valence electrons. The van der Waals surface area contributed by atoms with Crippen LogP contribution in [-0.2, 0) is 19.6 Å². The van der Waals surface area contributed by atoms with Gasteiger partial charge in [-0.25, -0.2) is 0 Å². The van der Waals surface area contributed by atoms with Gasteiger partial charge in [0.25, 0.3) is 0 Å². The molecule has 1 saturated heterocycles. The zero-order chi connectivity index (χ0) is 18.2. The van der Waals surface area contributed by atoms with Crippen LogP contribution in [-0.4, -0.2) is 52.5 Å². The maximum absolute atomic E-state index is 6.38. The Balaban J connectivity index is 1.24. The third-order valence-corrected chi connectivity index (χ3v) is 5.95. The predicted molar refractivity (Wildman–Crippen MR) is 101 cm³/mol. The largest absolute Gasteiger partial charge is 0.486 e. The molecule has 8 heteroatoms. The fourth-order valence-electron chi connectivity index (χ4n) is 4.28. The summed E-state index contributed by atoms with van der Waals surface area (Å²) < 4.78 is 13.6. The van der Waals surface area contributed by atoms with Crippen molar-refractivity contribution in [3.63, 3.8) is 0 Å². The summed E-state index contributed by atoms with van der Waals surface area (Å²) in [5.41, 5.74) is 1.17. The highest BCUT2D eigenvalue weighted by Gasteiger charge is 2.27. The van der Waals surface area contributed by atoms with E-state index in [9.17, 15) is 0 Å². The average molecular weight is 390 g/mol. The van der Waals surface area contributed by atoms with Crippen LogP contribution in [0.1, 0.15) is 36.0 Å². The molecule has 5 rings (SSSR count). The molecular weight excluding hydrogens is 366 g/mol. The molecule has 3 aliphatic heterocycles. The Bertz CT molecular complexity index is 832. The van der Waals surface area contributed by atoms with Gasteiger partial charge in [-0.2, -0.15) is 0 Å². The van der Waals surface area contributed by atoms with E-state index in [1.807, 2.05) is 6.07 Å². The van der Waals surface area contributed by atoms with E-state index < -0.39 is 0 Å². The van der Waals surface area contributed by atoms with E-state index in [1.165, 1.54) is 11.4 Å². The maximum atomic E-state index is 6.38. The monoisotopic (exact) mass is 389 g/mol. The second-order valence-electron chi connectivity index (χ2n) is 7.46. The minimum Gasteiger partial charge on any atom is -0.486 e. The molecule has 7 nitrogen and oxygen atoms in total. The van der Waals surface area contributed by atoms with Crippen molar-refractivity contribution in [1.82, 2.24) is 25.0 Å². The van der Waals surface area contributed by atoms with Crippen molar-refractivity contribution in [2.24, 2.45) is 0 Å². The van der Waals surface area contributed by atoms with Gasteiger partial charge in [0.05, 0.1) is 11.6 Å². The van der Waals surface area contributed by atoms with Crippen LogP contribution in [0, 0.1) is 0 Å². The molecule has 1 N–H and O–H groups in total. The van der Waals surface area contributed by atoms with Crippen molar-refractivity contribution in [3.05, 3.63) is 34.4 Å². The molecule has 4 heterocycles. The van der Waals surface area contributed by atoms with Gasteiger partial charge in [0, 0.05) is 25.6 Å². The molecule has 0 saturated carbocycles. The first-order valence-electron chi connectivity index (χ1n) is 9.71. The smallest absolute Gasteiger partial charge is 0.179 e. The van der Waals surface area contributed by atoms with Crippen LogP contribution in [0.3, 0.4) is 0 Å². The normalized spacial score (nSPS) is 20.5. The van der Waals surface area contributed by atoms with Crippen LogP contribution < -0.4 is 14.8 Å². The van der Waals surface area contributed by atoms with E-state index >= 15 is 0 Å². The van der Waals surface area contributed by atoms with E-state index in [0.29, 0.717) is 29.9 Å². The minimum atomic E-state index is 0.504. The molecule has 0 unspecified atom stereocenters. The van der Waals surface area contributed by atoms with Gasteiger partial charge in [0.1, 0.15) is 24.9 Å². The van der Waals surface area contributed by atoms with E-state index in [-0.39, 0.29) is 0 Å². The summed E-state index contributed by atoms with van der Waals surface area (Å²) in [5.74, 6) is 4.20. The first-order chi connectivity index (χ1) is 13.3. The number of nitrogens with one attached hydrogen (secondary N) is 1. The summed E-state index contributed by atoms with van der Waals surface area (Å²) in [6, 6.07) is 4.07. The summed E-state index contributed by atoms with van der Waals surface area (Å²) in [6.07, 6.45) is 2.23. The molecule has 0 amide bonds. The zero-order valence-electron chi connectivity index (χ0n) is 15.3. The van der Waals surface area contributed by atoms with Gasteiger partial charge in [-0.05, 0) is 43.6 Å². The number of hydrogen-bond donors (Lipinski definition) is 1. The number of rotatable bonds is 3. The molecule has 1 aromatic heterocycles. The van der Waals surface area contributed by atoms with E-state index in [4.69, 9.17) is 21.1 Å². The van der Waals surface area contributed by atoms with Crippen LogP contribution in [0.15, 0.2) is 12.1 Å². The molecule has 1 fully saturated rings. The lowest BCUT2D eigenvalue weighted by atomic mass is 9.95. The number of aromatic nitrogens is 3. The van der Waals surface area contributed by atoms with Crippen LogP contribution in [0.25, 0.3) is 0 Å². The summed E-state index contributed by atoms with van der Waals surface area (Å²) in [7, 11) is 0. The topological polar surface area (TPSA) is 64.4 Å². The number of piperidine rings is 1. The number of nitrogens with zero attached hydrogens (tertiary/aromatic N) is 4. The van der Waals surface area contributed by atoms with Crippen molar-refractivity contribution in [1.29, 1.82) is 0 Å². The first-order valence-corrected chi connectivity index (χ1v) is 10.1. The molecule has 2 aromatic rings. The Morgan fingerprint density at radius 1 is 1.11 bits per heavy atom. The number of ether oxygens (including phenoxy) is 2. The molecule has 0 bridgehead atoms. The highest BCUT2D eigenvalue weighted by molar-refractivity contribution is 6.32. The lowest BCUT2D eigenvalue weighted by molar-refractivity contribution is 0.170. The van der Waals surface area contributed by atoms with Gasteiger partial charge in [0.2, 0.25) is 0 Å². The Hall–Kier alpha value is -1.83. The van der Waals surface area contributed by atoms with E-state index in [2.05, 4.69) is 31.0 Å². The second kappa shape index (κ2) is 7.30. The van der Waals surface area contributed by atoms with Crippen LogP contribution in [0.5, 0.6) is 11.5 Å². The lowest BCUT2D eigenvalue weighted by Crippen LogP contribution is -2.34. The SMILES string of the molecule is Clc1cc(CN2CCC(c3nnc4n3CCNC4)CC2)cc2c1OCCO2. The van der Waals surface area contributed by atoms with Gasteiger partial charge in [-0.3, -0.25) is 4.90 Å². The van der Waals surface area contributed by atoms with Crippen molar-refractivity contribution in [2.45, 2.75) is 38.4 Å². The zero-order valence-corrected chi connectivity index (χ0v) is 16.0. The van der Waals surface area contributed by atoms with E-state index in [0.717, 1.165) is 63.7 Å². The molecule has 0 atom stereocenters. The van der Waals surface area contributed by atoms with Crippen LogP contribution in [0.4, 0.5) is 0 Å². The Kier molecular flexibility index (Phi) is 4.67. The summed E-state index contributed by atoms with van der Waals surface area (Å²) >= 11 is 6.38. The fourth-order valence-corrected chi connectivity index (χ4v) is 4.57. The van der Waals surface area contributed by atoms with Gasteiger partial charge in [0.15, 0.2) is 11.5 Å². The van der Waals surface area contributed by atoms with Crippen molar-refractivity contribution in [2.75, 3.05) is 32.8 Å². The Morgan fingerprint density at radius 3 is 2.85 bits per heavy atom. The highest BCUT2D eigenvalue weighted by atomic mass is 35.5. The molecule has 0 radical (unpaired) electrons. The Morgan fingerprint density at radius 2 is 1.96 bits per heavy atom. The number of benzene rings is 1. The molecule has 1 aromatic carbocycles.